The molecule has 0 saturated heterocycles. The van der Waals surface area contributed by atoms with Crippen LogP contribution in [0.3, 0.4) is 0 Å². The van der Waals surface area contributed by atoms with Crippen LogP contribution in [0, 0.1) is 11.6 Å². The van der Waals surface area contributed by atoms with Crippen LogP contribution in [0.5, 0.6) is 0 Å². The summed E-state index contributed by atoms with van der Waals surface area (Å²) in [4.78, 5) is 3.41. The molecule has 1 aromatic carbocycles. The molecule has 2 rings (SSSR count). The summed E-state index contributed by atoms with van der Waals surface area (Å²) in [6, 6.07) is 5.31. The van der Waals surface area contributed by atoms with Crippen LogP contribution in [-0.4, -0.2) is 13.4 Å². The number of rotatable bonds is 3. The highest BCUT2D eigenvalue weighted by atomic mass is 32.2. The van der Waals surface area contributed by atoms with Crippen LogP contribution in [0.4, 0.5) is 20.3 Å². The number of benzene rings is 1. The Labute approximate surface area is 108 Å². The number of nitrogens with two attached hydrogens (primary N) is 1. The van der Waals surface area contributed by atoms with E-state index in [0.29, 0.717) is 0 Å². The van der Waals surface area contributed by atoms with Gasteiger partial charge in [-0.05, 0) is 24.3 Å². The van der Waals surface area contributed by atoms with Gasteiger partial charge in [0.25, 0.3) is 10.0 Å². The van der Waals surface area contributed by atoms with Crippen molar-refractivity contribution in [3.05, 3.63) is 48.2 Å². The molecule has 0 bridgehead atoms. The second-order valence-electron chi connectivity index (χ2n) is 3.62. The zero-order valence-corrected chi connectivity index (χ0v) is 10.3. The lowest BCUT2D eigenvalue weighted by Crippen LogP contribution is -2.15. The number of sulfonamides is 1. The maximum absolute atomic E-state index is 13.0. The summed E-state index contributed by atoms with van der Waals surface area (Å²) >= 11 is 0. The highest BCUT2D eigenvalue weighted by Crippen LogP contribution is 2.20. The minimum absolute atomic E-state index is 0.109. The average Bonchev–Trinajstić information content (AvgIpc) is 2.34. The number of nitrogens with one attached hydrogen (secondary N) is 1. The molecule has 0 fully saturated rings. The molecule has 0 aliphatic carbocycles. The fourth-order valence-corrected chi connectivity index (χ4v) is 2.53. The fourth-order valence-electron chi connectivity index (χ4n) is 1.40. The van der Waals surface area contributed by atoms with E-state index in [2.05, 4.69) is 9.71 Å². The lowest BCUT2D eigenvalue weighted by atomic mass is 10.3. The van der Waals surface area contributed by atoms with Crippen molar-refractivity contribution in [2.24, 2.45) is 0 Å². The van der Waals surface area contributed by atoms with Crippen LogP contribution in [0.15, 0.2) is 41.4 Å². The monoisotopic (exact) mass is 285 g/mol. The molecule has 0 unspecified atom stereocenters. The van der Waals surface area contributed by atoms with Crippen molar-refractivity contribution in [1.82, 2.24) is 4.98 Å². The zero-order chi connectivity index (χ0) is 14.0. The van der Waals surface area contributed by atoms with Gasteiger partial charge in [-0.15, -0.1) is 0 Å². The molecule has 0 saturated carbocycles. The summed E-state index contributed by atoms with van der Waals surface area (Å²) in [5.74, 6) is -2.40. The smallest absolute Gasteiger partial charge is 0.265 e. The third-order valence-corrected chi connectivity index (χ3v) is 3.69. The Kier molecular flexibility index (Phi) is 3.34. The van der Waals surface area contributed by atoms with Crippen LogP contribution >= 0.6 is 0 Å². The first-order chi connectivity index (χ1) is 8.90. The molecule has 1 aromatic heterocycles. The molecule has 0 spiro atoms. The lowest BCUT2D eigenvalue weighted by molar-refractivity contribution is 0.509. The molecule has 2 aromatic rings. The van der Waals surface area contributed by atoms with Crippen molar-refractivity contribution < 1.29 is 17.2 Å². The minimum Gasteiger partial charge on any atom is -0.383 e. The highest BCUT2D eigenvalue weighted by Gasteiger charge is 2.18. The van der Waals surface area contributed by atoms with Crippen LogP contribution in [-0.2, 0) is 10.0 Å². The molecule has 0 aliphatic heterocycles. The van der Waals surface area contributed by atoms with Gasteiger partial charge in [-0.1, -0.05) is 0 Å². The van der Waals surface area contributed by atoms with E-state index in [9.17, 15) is 17.2 Å². The number of nitrogens with zero attached hydrogens (tertiary/aromatic N) is 1. The Hall–Kier alpha value is -2.22. The van der Waals surface area contributed by atoms with Gasteiger partial charge >= 0.3 is 0 Å². The molecular formula is C11H9F2N3O2S. The molecule has 0 amide bonds. The number of anilines is 2. The van der Waals surface area contributed by atoms with Crippen LogP contribution < -0.4 is 10.5 Å². The predicted octanol–water partition coefficient (Wildman–Crippen LogP) is 1.74. The molecule has 1 heterocycles. The first-order valence-corrected chi connectivity index (χ1v) is 6.57. The SMILES string of the molecule is Nc1ncccc1S(=O)(=O)Nc1ccc(F)c(F)c1. The first-order valence-electron chi connectivity index (χ1n) is 5.08. The molecule has 3 N–H and O–H groups in total. The van der Waals surface area contributed by atoms with Crippen LogP contribution in [0.1, 0.15) is 0 Å². The quantitative estimate of drug-likeness (QED) is 0.899. The summed E-state index contributed by atoms with van der Waals surface area (Å²) in [5.41, 5.74) is 5.34. The Balaban J connectivity index is 2.37. The molecule has 19 heavy (non-hydrogen) atoms. The van der Waals surface area contributed by atoms with Gasteiger partial charge in [0.1, 0.15) is 10.7 Å². The standard InChI is InChI=1S/C11H9F2N3O2S/c12-8-4-3-7(6-9(8)13)16-19(17,18)10-2-1-5-15-11(10)14/h1-6,16H,(H2,14,15). The van der Waals surface area contributed by atoms with E-state index in [1.54, 1.807) is 0 Å². The third kappa shape index (κ3) is 2.79. The molecule has 8 heteroatoms. The number of halogens is 2. The fraction of sp³-hybridized carbons (Fsp3) is 0. The largest absolute Gasteiger partial charge is 0.383 e. The lowest BCUT2D eigenvalue weighted by Gasteiger charge is -2.09. The minimum atomic E-state index is -4.00. The molecular weight excluding hydrogens is 276 g/mol. The van der Waals surface area contributed by atoms with E-state index in [1.165, 1.54) is 18.3 Å². The van der Waals surface area contributed by atoms with E-state index in [1.807, 2.05) is 0 Å². The Morgan fingerprint density at radius 2 is 1.89 bits per heavy atom. The number of hydrogen-bond acceptors (Lipinski definition) is 4. The summed E-state index contributed by atoms with van der Waals surface area (Å²) < 4.78 is 51.8. The van der Waals surface area contributed by atoms with Gasteiger partial charge in [0.15, 0.2) is 11.6 Å². The Bertz CT molecular complexity index is 720. The first kappa shape index (κ1) is 13.2. The van der Waals surface area contributed by atoms with E-state index < -0.39 is 21.7 Å². The zero-order valence-electron chi connectivity index (χ0n) is 9.47. The summed E-state index contributed by atoms with van der Waals surface area (Å²) in [5, 5.41) is 0. The van der Waals surface area contributed by atoms with E-state index in [-0.39, 0.29) is 16.4 Å². The molecule has 100 valence electrons. The van der Waals surface area contributed by atoms with Gasteiger partial charge in [0.05, 0.1) is 5.69 Å². The second-order valence-corrected chi connectivity index (χ2v) is 5.27. The van der Waals surface area contributed by atoms with Crippen LogP contribution in [0.2, 0.25) is 0 Å². The van der Waals surface area contributed by atoms with E-state index in [0.717, 1.165) is 18.2 Å². The van der Waals surface area contributed by atoms with Gasteiger partial charge in [0, 0.05) is 12.3 Å². The number of aromatic nitrogens is 1. The topological polar surface area (TPSA) is 85.1 Å². The predicted molar refractivity (Wildman–Crippen MR) is 65.8 cm³/mol. The summed E-state index contributed by atoms with van der Waals surface area (Å²) in [6.07, 6.45) is 1.34. The van der Waals surface area contributed by atoms with Gasteiger partial charge in [-0.25, -0.2) is 22.2 Å². The Morgan fingerprint density at radius 3 is 2.53 bits per heavy atom. The Morgan fingerprint density at radius 1 is 1.16 bits per heavy atom. The van der Waals surface area contributed by atoms with Crippen molar-refractivity contribution >= 4 is 21.5 Å². The maximum Gasteiger partial charge on any atom is 0.265 e. The van der Waals surface area contributed by atoms with Gasteiger partial charge in [-0.2, -0.15) is 0 Å². The van der Waals surface area contributed by atoms with Crippen molar-refractivity contribution in [1.29, 1.82) is 0 Å². The van der Waals surface area contributed by atoms with Gasteiger partial charge in [0.2, 0.25) is 0 Å². The number of nitrogen functional groups attached to an aromatic ring is 1. The highest BCUT2D eigenvalue weighted by molar-refractivity contribution is 7.92. The van der Waals surface area contributed by atoms with Crippen molar-refractivity contribution in [2.75, 3.05) is 10.5 Å². The van der Waals surface area contributed by atoms with Crippen molar-refractivity contribution in [2.45, 2.75) is 4.90 Å². The second kappa shape index (κ2) is 4.81. The molecule has 0 radical (unpaired) electrons. The number of hydrogen-bond donors (Lipinski definition) is 2. The molecule has 0 atom stereocenters. The van der Waals surface area contributed by atoms with E-state index >= 15 is 0 Å². The van der Waals surface area contributed by atoms with E-state index in [4.69, 9.17) is 5.73 Å². The average molecular weight is 285 g/mol. The normalized spacial score (nSPS) is 11.3. The molecule has 5 nitrogen and oxygen atoms in total. The van der Waals surface area contributed by atoms with Gasteiger partial charge < -0.3 is 5.73 Å². The molecule has 0 aliphatic rings. The maximum atomic E-state index is 13.0. The van der Waals surface area contributed by atoms with Gasteiger partial charge in [-0.3, -0.25) is 4.72 Å². The van der Waals surface area contributed by atoms with Crippen molar-refractivity contribution in [3.8, 4) is 0 Å². The van der Waals surface area contributed by atoms with Crippen molar-refractivity contribution in [3.63, 3.8) is 0 Å². The van der Waals surface area contributed by atoms with Crippen LogP contribution in [0.25, 0.3) is 0 Å². The third-order valence-electron chi connectivity index (χ3n) is 2.26. The summed E-state index contributed by atoms with van der Waals surface area (Å²) in [6.45, 7) is 0. The summed E-state index contributed by atoms with van der Waals surface area (Å²) in [7, 11) is -4.00. The number of pyridine rings is 1.